The number of ketones is 1. The number of Topliss-reactive ketones (excluding diaryl/α,β-unsaturated/α-hetero) is 1. The number of para-hydroxylation sites is 1. The molecule has 0 N–H and O–H groups in total. The molecule has 0 saturated heterocycles. The van der Waals surface area contributed by atoms with Crippen LogP contribution in [0.3, 0.4) is 0 Å². The van der Waals surface area contributed by atoms with Crippen LogP contribution in [0.1, 0.15) is 43.8 Å². The van der Waals surface area contributed by atoms with E-state index in [4.69, 9.17) is 4.74 Å². The van der Waals surface area contributed by atoms with Crippen LogP contribution in [0, 0.1) is 27.7 Å². The first-order valence-corrected chi connectivity index (χ1v) is 9.51. The van der Waals surface area contributed by atoms with E-state index < -0.39 is 5.97 Å². The van der Waals surface area contributed by atoms with Crippen LogP contribution >= 0.6 is 0 Å². The highest BCUT2D eigenvalue weighted by Gasteiger charge is 2.21. The average molecular weight is 403 g/mol. The normalized spacial score (nSPS) is 11.1. The van der Waals surface area contributed by atoms with Crippen LogP contribution in [-0.2, 0) is 4.74 Å². The van der Waals surface area contributed by atoms with Gasteiger partial charge in [-0.2, -0.15) is 4.98 Å². The van der Waals surface area contributed by atoms with Crippen molar-refractivity contribution in [3.8, 4) is 5.69 Å². The molecule has 0 bridgehead atoms. The number of fused-ring (bicyclic) bond motifs is 1. The molecule has 3 heterocycles. The standard InChI is InChI=1S/C22H21N5O3/c1-13-10-15(3)27-22(23-13)24-20(25-27)21(29)30-12-19(28)18-11-14(2)26(16(18)4)17-8-6-5-7-9-17/h5-11H,12H2,1-4H3. The first-order chi connectivity index (χ1) is 14.3. The Morgan fingerprint density at radius 3 is 2.43 bits per heavy atom. The predicted molar refractivity (Wildman–Crippen MR) is 110 cm³/mol. The summed E-state index contributed by atoms with van der Waals surface area (Å²) in [6, 6.07) is 13.4. The van der Waals surface area contributed by atoms with Gasteiger partial charge in [-0.25, -0.2) is 14.3 Å². The zero-order chi connectivity index (χ0) is 21.4. The second-order valence-electron chi connectivity index (χ2n) is 7.14. The maximum Gasteiger partial charge on any atom is 0.378 e. The Hall–Kier alpha value is -3.81. The van der Waals surface area contributed by atoms with Crippen LogP contribution in [-0.4, -0.2) is 42.5 Å². The highest BCUT2D eigenvalue weighted by molar-refractivity contribution is 6.00. The number of benzene rings is 1. The lowest BCUT2D eigenvalue weighted by molar-refractivity contribution is 0.0462. The van der Waals surface area contributed by atoms with Crippen LogP contribution in [0.25, 0.3) is 11.5 Å². The Labute approximate surface area is 173 Å². The zero-order valence-corrected chi connectivity index (χ0v) is 17.2. The van der Waals surface area contributed by atoms with Crippen molar-refractivity contribution >= 4 is 17.5 Å². The minimum absolute atomic E-state index is 0.126. The zero-order valence-electron chi connectivity index (χ0n) is 17.2. The molecule has 0 amide bonds. The van der Waals surface area contributed by atoms with Crippen LogP contribution in [0.2, 0.25) is 0 Å². The van der Waals surface area contributed by atoms with Gasteiger partial charge in [0.15, 0.2) is 6.61 Å². The van der Waals surface area contributed by atoms with Crippen molar-refractivity contribution in [1.29, 1.82) is 0 Å². The summed E-state index contributed by atoms with van der Waals surface area (Å²) < 4.78 is 8.66. The number of hydrogen-bond acceptors (Lipinski definition) is 6. The van der Waals surface area contributed by atoms with E-state index in [-0.39, 0.29) is 18.2 Å². The number of rotatable bonds is 5. The Morgan fingerprint density at radius 2 is 1.70 bits per heavy atom. The van der Waals surface area contributed by atoms with Crippen molar-refractivity contribution in [2.45, 2.75) is 27.7 Å². The molecule has 4 aromatic rings. The fourth-order valence-corrected chi connectivity index (χ4v) is 3.55. The summed E-state index contributed by atoms with van der Waals surface area (Å²) in [5, 5.41) is 4.13. The van der Waals surface area contributed by atoms with Gasteiger partial charge in [0, 0.05) is 34.0 Å². The van der Waals surface area contributed by atoms with Crippen LogP contribution in [0.5, 0.6) is 0 Å². The molecule has 3 aromatic heterocycles. The number of aromatic nitrogens is 5. The summed E-state index contributed by atoms with van der Waals surface area (Å²) >= 11 is 0. The molecule has 0 spiro atoms. The molecule has 0 saturated carbocycles. The molecule has 0 aliphatic rings. The van der Waals surface area contributed by atoms with Gasteiger partial charge in [-0.05, 0) is 52.0 Å². The fraction of sp³-hybridized carbons (Fsp3) is 0.227. The Balaban J connectivity index is 1.51. The van der Waals surface area contributed by atoms with Gasteiger partial charge in [-0.15, -0.1) is 5.10 Å². The van der Waals surface area contributed by atoms with Crippen molar-refractivity contribution in [3.63, 3.8) is 0 Å². The number of esters is 1. The lowest BCUT2D eigenvalue weighted by Gasteiger charge is -2.09. The lowest BCUT2D eigenvalue weighted by Crippen LogP contribution is -2.16. The van der Waals surface area contributed by atoms with E-state index in [1.54, 1.807) is 6.07 Å². The number of carbonyl (C=O) groups excluding carboxylic acids is 2. The first-order valence-electron chi connectivity index (χ1n) is 9.51. The minimum atomic E-state index is -0.761. The molecule has 0 aliphatic carbocycles. The molecule has 4 rings (SSSR count). The third kappa shape index (κ3) is 3.47. The van der Waals surface area contributed by atoms with Gasteiger partial charge >= 0.3 is 5.97 Å². The quantitative estimate of drug-likeness (QED) is 0.375. The highest BCUT2D eigenvalue weighted by atomic mass is 16.5. The molecule has 0 aliphatic heterocycles. The molecular weight excluding hydrogens is 382 g/mol. The molecular formula is C22H21N5O3. The minimum Gasteiger partial charge on any atom is -0.451 e. The monoisotopic (exact) mass is 403 g/mol. The van der Waals surface area contributed by atoms with Gasteiger partial charge in [0.25, 0.3) is 11.6 Å². The second-order valence-corrected chi connectivity index (χ2v) is 7.14. The summed E-state index contributed by atoms with van der Waals surface area (Å²) in [7, 11) is 0. The van der Waals surface area contributed by atoms with E-state index in [0.29, 0.717) is 11.3 Å². The van der Waals surface area contributed by atoms with Gasteiger partial charge < -0.3 is 9.30 Å². The Morgan fingerprint density at radius 1 is 0.967 bits per heavy atom. The maximum atomic E-state index is 12.7. The number of hydrogen-bond donors (Lipinski definition) is 0. The van der Waals surface area contributed by atoms with Gasteiger partial charge in [0.2, 0.25) is 5.78 Å². The van der Waals surface area contributed by atoms with E-state index in [1.807, 2.05) is 68.7 Å². The molecule has 30 heavy (non-hydrogen) atoms. The summed E-state index contributed by atoms with van der Waals surface area (Å²) in [5.41, 5.74) is 4.77. The van der Waals surface area contributed by atoms with Gasteiger partial charge in [-0.3, -0.25) is 4.79 Å². The lowest BCUT2D eigenvalue weighted by atomic mass is 10.1. The van der Waals surface area contributed by atoms with Crippen molar-refractivity contribution in [2.75, 3.05) is 6.61 Å². The highest BCUT2D eigenvalue weighted by Crippen LogP contribution is 2.21. The van der Waals surface area contributed by atoms with E-state index >= 15 is 0 Å². The first kappa shape index (κ1) is 19.5. The third-order valence-corrected chi connectivity index (χ3v) is 4.88. The van der Waals surface area contributed by atoms with Crippen LogP contribution in [0.15, 0.2) is 42.5 Å². The number of ether oxygens (including phenoxy) is 1. The van der Waals surface area contributed by atoms with Gasteiger partial charge in [0.05, 0.1) is 0 Å². The molecule has 8 nitrogen and oxygen atoms in total. The topological polar surface area (TPSA) is 91.4 Å². The van der Waals surface area contributed by atoms with Crippen LogP contribution in [0.4, 0.5) is 0 Å². The van der Waals surface area contributed by atoms with Crippen molar-refractivity contribution in [2.24, 2.45) is 0 Å². The van der Waals surface area contributed by atoms with E-state index in [1.165, 1.54) is 4.52 Å². The predicted octanol–water partition coefficient (Wildman–Crippen LogP) is 3.19. The van der Waals surface area contributed by atoms with E-state index in [0.717, 1.165) is 28.5 Å². The van der Waals surface area contributed by atoms with E-state index in [9.17, 15) is 9.59 Å². The van der Waals surface area contributed by atoms with Gasteiger partial charge in [0.1, 0.15) is 0 Å². The number of aryl methyl sites for hydroxylation is 3. The Kier molecular flexibility index (Phi) is 4.91. The molecule has 0 fully saturated rings. The summed E-state index contributed by atoms with van der Waals surface area (Å²) in [4.78, 5) is 33.5. The number of nitrogens with zero attached hydrogens (tertiary/aromatic N) is 5. The van der Waals surface area contributed by atoms with E-state index in [2.05, 4.69) is 15.1 Å². The summed E-state index contributed by atoms with van der Waals surface area (Å²) in [5.74, 6) is -0.855. The number of carbonyl (C=O) groups is 2. The molecule has 0 unspecified atom stereocenters. The largest absolute Gasteiger partial charge is 0.451 e. The van der Waals surface area contributed by atoms with Crippen molar-refractivity contribution in [1.82, 2.24) is 24.1 Å². The summed E-state index contributed by atoms with van der Waals surface area (Å²) in [6.07, 6.45) is 0. The second kappa shape index (κ2) is 7.55. The maximum absolute atomic E-state index is 12.7. The van der Waals surface area contributed by atoms with Gasteiger partial charge in [-0.1, -0.05) is 18.2 Å². The van der Waals surface area contributed by atoms with Crippen LogP contribution < -0.4 is 0 Å². The molecule has 152 valence electrons. The van der Waals surface area contributed by atoms with Crippen molar-refractivity contribution < 1.29 is 14.3 Å². The molecule has 1 aromatic carbocycles. The van der Waals surface area contributed by atoms with Crippen molar-refractivity contribution in [3.05, 3.63) is 76.6 Å². The summed E-state index contributed by atoms with van der Waals surface area (Å²) in [6.45, 7) is 7.09. The Bertz CT molecular complexity index is 1270. The third-order valence-electron chi connectivity index (χ3n) is 4.88. The SMILES string of the molecule is Cc1cc(C)n2nc(C(=O)OCC(=O)c3cc(C)n(-c4ccccc4)c3C)nc2n1. The molecule has 8 heteroatoms. The molecule has 0 atom stereocenters. The fourth-order valence-electron chi connectivity index (χ4n) is 3.55. The smallest absolute Gasteiger partial charge is 0.378 e. The average Bonchev–Trinajstić information content (AvgIpc) is 3.27. The molecule has 0 radical (unpaired) electrons.